The van der Waals surface area contributed by atoms with Crippen molar-refractivity contribution in [1.82, 2.24) is 20.2 Å². The lowest BCUT2D eigenvalue weighted by Crippen LogP contribution is -2.33. The number of hydrogen-bond acceptors (Lipinski definition) is 3. The Morgan fingerprint density at radius 3 is 2.59 bits per heavy atom. The van der Waals surface area contributed by atoms with Gasteiger partial charge < -0.3 is 20.5 Å². The highest BCUT2D eigenvalue weighted by Crippen LogP contribution is 2.42. The number of rotatable bonds is 6. The van der Waals surface area contributed by atoms with Crippen LogP contribution in [0.4, 0.5) is 10.1 Å². The molecule has 0 spiro atoms. The number of anilines is 1. The normalized spacial score (nSPS) is 18.0. The quantitative estimate of drug-likeness (QED) is 0.298. The Morgan fingerprint density at radius 1 is 1.22 bits per heavy atom. The van der Waals surface area contributed by atoms with Crippen molar-refractivity contribution in [2.24, 2.45) is 0 Å². The molecule has 4 rings (SSSR count). The van der Waals surface area contributed by atoms with E-state index in [-0.39, 0.29) is 30.2 Å². The van der Waals surface area contributed by atoms with Gasteiger partial charge in [0.05, 0.1) is 17.8 Å². The van der Waals surface area contributed by atoms with E-state index in [0.717, 1.165) is 26.2 Å². The van der Waals surface area contributed by atoms with E-state index < -0.39 is 0 Å². The summed E-state index contributed by atoms with van der Waals surface area (Å²) in [6, 6.07) is 11.3. The van der Waals surface area contributed by atoms with E-state index in [2.05, 4.69) is 61.9 Å². The molecule has 1 fully saturated rings. The average molecular weight is 563 g/mol. The molecular weight excluding hydrogens is 540 g/mol. The molecule has 1 aliphatic heterocycles. The minimum absolute atomic E-state index is 0.104. The topological polar surface area (TPSA) is 73.0 Å². The maximum absolute atomic E-state index is 13.1. The van der Waals surface area contributed by atoms with Crippen LogP contribution < -0.4 is 10.6 Å². The fraction of sp³-hybridized carbons (Fsp3) is 0.261. The molecule has 1 amide bonds. The second kappa shape index (κ2) is 9.53. The zero-order valence-corrected chi connectivity index (χ0v) is 20.6. The predicted octanol–water partition coefficient (Wildman–Crippen LogP) is 4.77. The van der Waals surface area contributed by atoms with Crippen LogP contribution in [0.5, 0.6) is 0 Å². The summed E-state index contributed by atoms with van der Waals surface area (Å²) in [6.07, 6.45) is 2.01. The molecule has 32 heavy (non-hydrogen) atoms. The summed E-state index contributed by atoms with van der Waals surface area (Å²) in [7, 11) is 0. The Balaban J connectivity index is 1.58. The molecule has 0 unspecified atom stereocenters. The number of amides is 1. The maximum atomic E-state index is 13.1. The number of halogens is 2. The summed E-state index contributed by atoms with van der Waals surface area (Å²) in [5.74, 6) is -0.497. The molecule has 0 aliphatic carbocycles. The molecule has 0 saturated carbocycles. The highest BCUT2D eigenvalue weighted by molar-refractivity contribution is 14.1. The van der Waals surface area contributed by atoms with Crippen LogP contribution in [-0.4, -0.2) is 32.4 Å². The number of thiocarbonyl (C=S) groups is 1. The smallest absolute Gasteiger partial charge is 0.226 e. The monoisotopic (exact) mass is 563 g/mol. The molecule has 1 aromatic carbocycles. The van der Waals surface area contributed by atoms with Gasteiger partial charge in [-0.15, -0.1) is 0 Å². The number of pyridine rings is 1. The number of benzene rings is 1. The van der Waals surface area contributed by atoms with E-state index in [9.17, 15) is 9.18 Å². The first-order valence-corrected chi connectivity index (χ1v) is 11.7. The van der Waals surface area contributed by atoms with Crippen LogP contribution >= 0.6 is 34.8 Å². The minimum Gasteiger partial charge on any atom is -0.362 e. The van der Waals surface area contributed by atoms with Crippen LogP contribution in [0, 0.1) is 23.2 Å². The number of carbonyl (C=O) groups is 1. The summed E-state index contributed by atoms with van der Waals surface area (Å²) in [4.78, 5) is 22.6. The lowest BCUT2D eigenvalue weighted by atomic mass is 9.96. The average Bonchev–Trinajstić information content (AvgIpc) is 3.23. The Labute approximate surface area is 205 Å². The summed E-state index contributed by atoms with van der Waals surface area (Å²) in [6.45, 7) is 4.54. The standard InChI is InChI=1S/C23H23FIN5OS/c1-13-19(20(25)14(2)27-13)22-21(17-5-3-4-11-26-17)29-23(32)30(22)12-10-18(31)28-16-8-6-15(24)7-9-16/h3-9,11,21-22,27H,10,12H2,1-2H3,(H,28,31)(H,29,32)/t21-,22+/m1/s1. The van der Waals surface area contributed by atoms with Gasteiger partial charge in [-0.1, -0.05) is 6.07 Å². The highest BCUT2D eigenvalue weighted by atomic mass is 127. The molecule has 166 valence electrons. The van der Waals surface area contributed by atoms with Gasteiger partial charge in [0, 0.05) is 45.4 Å². The van der Waals surface area contributed by atoms with Gasteiger partial charge in [0.1, 0.15) is 5.82 Å². The minimum atomic E-state index is -0.341. The molecule has 9 heteroatoms. The van der Waals surface area contributed by atoms with E-state index >= 15 is 0 Å². The zero-order valence-electron chi connectivity index (χ0n) is 17.7. The first-order chi connectivity index (χ1) is 15.3. The van der Waals surface area contributed by atoms with E-state index in [1.165, 1.54) is 12.1 Å². The van der Waals surface area contributed by atoms with Gasteiger partial charge in [-0.05, 0) is 85.1 Å². The van der Waals surface area contributed by atoms with Crippen molar-refractivity contribution >= 4 is 51.5 Å². The Bertz CT molecular complexity index is 1140. The SMILES string of the molecule is Cc1[nH]c(C)c([C@H]2[C@@H](c3ccccn3)NC(=S)N2CCC(=O)Nc2ccc(F)cc2)c1I. The third-order valence-electron chi connectivity index (χ3n) is 5.55. The van der Waals surface area contributed by atoms with Gasteiger partial charge in [0.2, 0.25) is 5.91 Å². The van der Waals surface area contributed by atoms with Crippen LogP contribution in [0.25, 0.3) is 0 Å². The van der Waals surface area contributed by atoms with Gasteiger partial charge in [-0.25, -0.2) is 4.39 Å². The summed E-state index contributed by atoms with van der Waals surface area (Å²) >= 11 is 8.05. The van der Waals surface area contributed by atoms with Gasteiger partial charge >= 0.3 is 0 Å². The zero-order chi connectivity index (χ0) is 22.8. The number of nitrogens with zero attached hydrogens (tertiary/aromatic N) is 2. The van der Waals surface area contributed by atoms with E-state index in [0.29, 0.717) is 17.3 Å². The summed E-state index contributed by atoms with van der Waals surface area (Å²) in [5.41, 5.74) is 4.79. The first-order valence-electron chi connectivity index (χ1n) is 10.2. The lowest BCUT2D eigenvalue weighted by molar-refractivity contribution is -0.116. The molecule has 0 bridgehead atoms. The molecular formula is C23H23FIN5OS. The molecule has 2 aromatic heterocycles. The highest BCUT2D eigenvalue weighted by Gasteiger charge is 2.42. The van der Waals surface area contributed by atoms with Crippen molar-refractivity contribution in [2.45, 2.75) is 32.4 Å². The van der Waals surface area contributed by atoms with Crippen LogP contribution in [0.2, 0.25) is 0 Å². The molecule has 1 aliphatic rings. The van der Waals surface area contributed by atoms with Crippen LogP contribution in [-0.2, 0) is 4.79 Å². The largest absolute Gasteiger partial charge is 0.362 e. The number of carbonyl (C=O) groups excluding carboxylic acids is 1. The molecule has 6 nitrogen and oxygen atoms in total. The fourth-order valence-electron chi connectivity index (χ4n) is 4.06. The van der Waals surface area contributed by atoms with Crippen molar-refractivity contribution in [3.63, 3.8) is 0 Å². The van der Waals surface area contributed by atoms with E-state index in [4.69, 9.17) is 12.2 Å². The molecule has 2 atom stereocenters. The number of nitrogens with one attached hydrogen (secondary N) is 3. The Hall–Kier alpha value is -2.53. The lowest BCUT2D eigenvalue weighted by Gasteiger charge is -2.28. The number of H-pyrrole nitrogens is 1. The molecule has 3 N–H and O–H groups in total. The molecule has 0 radical (unpaired) electrons. The summed E-state index contributed by atoms with van der Waals surface area (Å²) in [5, 5.41) is 6.82. The van der Waals surface area contributed by atoms with E-state index in [1.807, 2.05) is 18.2 Å². The van der Waals surface area contributed by atoms with Gasteiger partial charge in [0.15, 0.2) is 5.11 Å². The molecule has 3 aromatic rings. The van der Waals surface area contributed by atoms with Gasteiger partial charge in [-0.2, -0.15) is 0 Å². The Morgan fingerprint density at radius 2 is 1.97 bits per heavy atom. The number of aromatic nitrogens is 2. The number of aryl methyl sites for hydroxylation is 2. The van der Waals surface area contributed by atoms with Crippen LogP contribution in [0.1, 0.15) is 41.1 Å². The van der Waals surface area contributed by atoms with Crippen molar-refractivity contribution in [2.75, 3.05) is 11.9 Å². The van der Waals surface area contributed by atoms with Crippen molar-refractivity contribution < 1.29 is 9.18 Å². The van der Waals surface area contributed by atoms with Crippen molar-refractivity contribution in [3.05, 3.63) is 80.7 Å². The second-order valence-corrected chi connectivity index (χ2v) is 9.19. The van der Waals surface area contributed by atoms with Crippen LogP contribution in [0.15, 0.2) is 48.7 Å². The third kappa shape index (κ3) is 4.63. The first kappa shape index (κ1) is 22.7. The van der Waals surface area contributed by atoms with Gasteiger partial charge in [0.25, 0.3) is 0 Å². The second-order valence-electron chi connectivity index (χ2n) is 7.73. The number of hydrogen-bond donors (Lipinski definition) is 3. The molecule has 3 heterocycles. The Kier molecular flexibility index (Phi) is 6.75. The molecule has 1 saturated heterocycles. The van der Waals surface area contributed by atoms with Crippen molar-refractivity contribution in [1.29, 1.82) is 0 Å². The number of aromatic amines is 1. The predicted molar refractivity (Wildman–Crippen MR) is 135 cm³/mol. The summed E-state index contributed by atoms with van der Waals surface area (Å²) < 4.78 is 14.3. The third-order valence-corrected chi connectivity index (χ3v) is 7.29. The fourth-order valence-corrected chi connectivity index (χ4v) is 5.25. The van der Waals surface area contributed by atoms with Crippen LogP contribution in [0.3, 0.4) is 0 Å². The van der Waals surface area contributed by atoms with Crippen molar-refractivity contribution in [3.8, 4) is 0 Å². The van der Waals surface area contributed by atoms with Gasteiger partial charge in [-0.3, -0.25) is 9.78 Å². The van der Waals surface area contributed by atoms with E-state index in [1.54, 1.807) is 18.3 Å². The maximum Gasteiger partial charge on any atom is 0.226 e.